The molecule has 0 aliphatic rings. The van der Waals surface area contributed by atoms with Crippen molar-refractivity contribution in [2.24, 2.45) is 0 Å². The molecule has 0 saturated heterocycles. The van der Waals surface area contributed by atoms with Crippen LogP contribution in [-0.4, -0.2) is 41.9 Å². The molecule has 0 saturated carbocycles. The molecular formula is C20H17N5O7S. The van der Waals surface area contributed by atoms with Crippen LogP contribution >= 0.6 is 0 Å². The molecule has 0 aliphatic heterocycles. The van der Waals surface area contributed by atoms with Crippen molar-refractivity contribution in [3.8, 4) is 0 Å². The number of non-ortho nitro benzene ring substituents is 1. The number of nitro benzene ring substituents is 1. The number of rotatable bonds is 8. The number of amides is 1. The minimum atomic E-state index is -4.00. The lowest BCUT2D eigenvalue weighted by molar-refractivity contribution is -0.385. The predicted molar refractivity (Wildman–Crippen MR) is 117 cm³/mol. The van der Waals surface area contributed by atoms with Crippen LogP contribution in [0.1, 0.15) is 0 Å². The van der Waals surface area contributed by atoms with Crippen molar-refractivity contribution in [1.82, 2.24) is 19.6 Å². The number of carbonyl (C=O) groups is 1. The van der Waals surface area contributed by atoms with E-state index in [1.165, 1.54) is 24.5 Å². The highest BCUT2D eigenvalue weighted by Gasteiger charge is 2.18. The summed E-state index contributed by atoms with van der Waals surface area (Å²) >= 11 is 0. The Balaban J connectivity index is 1.36. The molecule has 4 rings (SSSR count). The second-order valence-electron chi connectivity index (χ2n) is 6.96. The van der Waals surface area contributed by atoms with Gasteiger partial charge in [-0.15, -0.1) is 0 Å². The number of hydrogen-bond donors (Lipinski definition) is 2. The van der Waals surface area contributed by atoms with Gasteiger partial charge < -0.3 is 9.73 Å². The summed E-state index contributed by atoms with van der Waals surface area (Å²) < 4.78 is 33.5. The Morgan fingerprint density at radius 1 is 1.15 bits per heavy atom. The molecule has 0 aliphatic carbocycles. The van der Waals surface area contributed by atoms with E-state index in [1.54, 1.807) is 24.3 Å². The van der Waals surface area contributed by atoms with Gasteiger partial charge in [-0.05, 0) is 18.2 Å². The number of nitro groups is 1. The highest BCUT2D eigenvalue weighted by atomic mass is 32.2. The lowest BCUT2D eigenvalue weighted by Crippen LogP contribution is -2.37. The van der Waals surface area contributed by atoms with Gasteiger partial charge in [0.05, 0.1) is 16.1 Å². The molecule has 0 fully saturated rings. The molecule has 0 atom stereocenters. The molecule has 2 aromatic heterocycles. The van der Waals surface area contributed by atoms with E-state index in [0.29, 0.717) is 16.5 Å². The third kappa shape index (κ3) is 4.58. The summed E-state index contributed by atoms with van der Waals surface area (Å²) in [5.41, 5.74) is 0.0822. The summed E-state index contributed by atoms with van der Waals surface area (Å²) in [6.07, 6.45) is 1.25. The summed E-state index contributed by atoms with van der Waals surface area (Å²) in [6, 6.07) is 11.7. The average Bonchev–Trinajstić information content (AvgIpc) is 3.18. The number of carbonyl (C=O) groups excluding carboxylic acids is 1. The Bertz CT molecular complexity index is 1540. The summed E-state index contributed by atoms with van der Waals surface area (Å²) in [7, 11) is -4.00. The van der Waals surface area contributed by atoms with Crippen molar-refractivity contribution in [1.29, 1.82) is 0 Å². The third-order valence-corrected chi connectivity index (χ3v) is 6.20. The van der Waals surface area contributed by atoms with Crippen molar-refractivity contribution >= 4 is 43.7 Å². The number of sulfonamides is 1. The Morgan fingerprint density at radius 3 is 2.73 bits per heavy atom. The van der Waals surface area contributed by atoms with E-state index in [9.17, 15) is 28.1 Å². The Labute approximate surface area is 186 Å². The van der Waals surface area contributed by atoms with Crippen LogP contribution < -0.4 is 15.6 Å². The van der Waals surface area contributed by atoms with Gasteiger partial charge in [0.15, 0.2) is 0 Å². The molecule has 13 heteroatoms. The number of nitrogens with zero attached hydrogens (tertiary/aromatic N) is 3. The van der Waals surface area contributed by atoms with Crippen LogP contribution in [0.3, 0.4) is 0 Å². The van der Waals surface area contributed by atoms with Gasteiger partial charge in [0.25, 0.3) is 11.2 Å². The fraction of sp³-hybridized carbons (Fsp3) is 0.150. The monoisotopic (exact) mass is 471 g/mol. The maximum Gasteiger partial charge on any atom is 0.297 e. The summed E-state index contributed by atoms with van der Waals surface area (Å²) in [6.45, 7) is -0.564. The Hall–Kier alpha value is -4.10. The van der Waals surface area contributed by atoms with Crippen LogP contribution in [0.2, 0.25) is 0 Å². The van der Waals surface area contributed by atoms with E-state index < -0.39 is 26.4 Å². The third-order valence-electron chi connectivity index (χ3n) is 4.74. The number of nitrogens with one attached hydrogen (secondary N) is 2. The van der Waals surface area contributed by atoms with Gasteiger partial charge in [0.1, 0.15) is 17.6 Å². The van der Waals surface area contributed by atoms with E-state index >= 15 is 0 Å². The molecule has 2 aromatic carbocycles. The van der Waals surface area contributed by atoms with Crippen LogP contribution in [0.15, 0.2) is 69.0 Å². The zero-order chi connectivity index (χ0) is 23.6. The summed E-state index contributed by atoms with van der Waals surface area (Å²) in [5, 5.41) is 14.0. The van der Waals surface area contributed by atoms with E-state index in [1.807, 2.05) is 0 Å². The molecule has 2 heterocycles. The van der Waals surface area contributed by atoms with Crippen LogP contribution in [0.4, 0.5) is 5.69 Å². The Kier molecular flexibility index (Phi) is 5.89. The van der Waals surface area contributed by atoms with E-state index in [0.717, 1.165) is 10.6 Å². The number of para-hydroxylation sites is 1. The van der Waals surface area contributed by atoms with Crippen LogP contribution in [-0.2, 0) is 21.4 Å². The summed E-state index contributed by atoms with van der Waals surface area (Å²) in [5.74, 6) is -0.538. The van der Waals surface area contributed by atoms with E-state index in [2.05, 4.69) is 15.0 Å². The normalized spacial score (nSPS) is 11.6. The van der Waals surface area contributed by atoms with Crippen molar-refractivity contribution < 1.29 is 22.6 Å². The van der Waals surface area contributed by atoms with E-state index in [-0.39, 0.29) is 35.8 Å². The molecular weight excluding hydrogens is 454 g/mol. The minimum Gasteiger partial charge on any atom is -0.448 e. The molecule has 0 radical (unpaired) electrons. The van der Waals surface area contributed by atoms with Gasteiger partial charge in [-0.3, -0.25) is 24.3 Å². The van der Waals surface area contributed by atoms with Crippen LogP contribution in [0.5, 0.6) is 0 Å². The molecule has 4 aromatic rings. The zero-order valence-electron chi connectivity index (χ0n) is 16.9. The zero-order valence-corrected chi connectivity index (χ0v) is 17.7. The minimum absolute atomic E-state index is 0.0382. The maximum absolute atomic E-state index is 12.6. The first-order valence-electron chi connectivity index (χ1n) is 9.64. The summed E-state index contributed by atoms with van der Waals surface area (Å²) in [4.78, 5) is 38.9. The van der Waals surface area contributed by atoms with E-state index in [4.69, 9.17) is 4.42 Å². The molecule has 0 bridgehead atoms. The van der Waals surface area contributed by atoms with Gasteiger partial charge in [-0.1, -0.05) is 18.2 Å². The highest BCUT2D eigenvalue weighted by molar-refractivity contribution is 7.89. The molecule has 33 heavy (non-hydrogen) atoms. The molecule has 170 valence electrons. The molecule has 0 spiro atoms. The van der Waals surface area contributed by atoms with Gasteiger partial charge in [-0.25, -0.2) is 18.1 Å². The standard InChI is InChI=1S/C20H17N5O7S/c26-17(21-8-9-23-33(30,31)14-5-3-4-13(10-14)25(28)29)11-24-12-22-18-15-6-1-2-7-16(15)32-19(18)20(24)27/h1-7,10,12,23H,8-9,11H2,(H,21,26). The lowest BCUT2D eigenvalue weighted by atomic mass is 10.2. The quantitative estimate of drug-likeness (QED) is 0.219. The van der Waals surface area contributed by atoms with Crippen molar-refractivity contribution in [2.75, 3.05) is 13.1 Å². The van der Waals surface area contributed by atoms with Crippen molar-refractivity contribution in [2.45, 2.75) is 11.4 Å². The van der Waals surface area contributed by atoms with Gasteiger partial charge in [0, 0.05) is 30.6 Å². The second-order valence-corrected chi connectivity index (χ2v) is 8.72. The van der Waals surface area contributed by atoms with Gasteiger partial charge in [-0.2, -0.15) is 0 Å². The molecule has 2 N–H and O–H groups in total. The van der Waals surface area contributed by atoms with Crippen LogP contribution in [0, 0.1) is 10.1 Å². The largest absolute Gasteiger partial charge is 0.448 e. The SMILES string of the molecule is O=C(Cn1cnc2c(oc3ccccc32)c1=O)NCCNS(=O)(=O)c1cccc([N+](=O)[O-])c1. The van der Waals surface area contributed by atoms with Crippen molar-refractivity contribution in [3.05, 3.63) is 75.3 Å². The van der Waals surface area contributed by atoms with Gasteiger partial charge in [0.2, 0.25) is 21.5 Å². The second kappa shape index (κ2) is 8.80. The first kappa shape index (κ1) is 22.1. The first-order chi connectivity index (χ1) is 15.8. The topological polar surface area (TPSA) is 166 Å². The number of fused-ring (bicyclic) bond motifs is 3. The molecule has 1 amide bonds. The smallest absolute Gasteiger partial charge is 0.297 e. The van der Waals surface area contributed by atoms with Gasteiger partial charge >= 0.3 is 0 Å². The van der Waals surface area contributed by atoms with Crippen molar-refractivity contribution in [3.63, 3.8) is 0 Å². The highest BCUT2D eigenvalue weighted by Crippen LogP contribution is 2.24. The maximum atomic E-state index is 12.6. The molecule has 12 nitrogen and oxygen atoms in total. The average molecular weight is 471 g/mol. The number of hydrogen-bond acceptors (Lipinski definition) is 8. The fourth-order valence-electron chi connectivity index (χ4n) is 3.17. The lowest BCUT2D eigenvalue weighted by Gasteiger charge is -2.09. The number of furan rings is 1. The number of benzene rings is 2. The van der Waals surface area contributed by atoms with Crippen LogP contribution in [0.25, 0.3) is 22.1 Å². The Morgan fingerprint density at radius 2 is 1.94 bits per heavy atom. The number of aromatic nitrogens is 2. The predicted octanol–water partition coefficient (Wildman–Crippen LogP) is 1.15. The fourth-order valence-corrected chi connectivity index (χ4v) is 4.24. The molecule has 0 unspecified atom stereocenters. The first-order valence-corrected chi connectivity index (χ1v) is 11.1.